The average molecular weight is 312 g/mol. The van der Waals surface area contributed by atoms with E-state index < -0.39 is 0 Å². The molecule has 0 aromatic heterocycles. The minimum atomic E-state index is 0.0733. The van der Waals surface area contributed by atoms with Crippen molar-refractivity contribution in [3.05, 3.63) is 28.8 Å². The van der Waals surface area contributed by atoms with E-state index in [1.165, 1.54) is 0 Å². The fourth-order valence-corrected chi connectivity index (χ4v) is 3.10. The molecule has 1 aromatic rings. The molecular formula is C16H22ClNO3. The van der Waals surface area contributed by atoms with Gasteiger partial charge in [-0.1, -0.05) is 11.6 Å². The molecule has 1 aromatic carbocycles. The fourth-order valence-electron chi connectivity index (χ4n) is 2.85. The van der Waals surface area contributed by atoms with Gasteiger partial charge in [0, 0.05) is 18.7 Å². The number of aliphatic hydroxyl groups excluding tert-OH is 1. The van der Waals surface area contributed by atoms with Gasteiger partial charge in [0.15, 0.2) is 5.78 Å². The molecule has 116 valence electrons. The Bertz CT molecular complexity index is 490. The molecule has 5 heteroatoms. The monoisotopic (exact) mass is 311 g/mol. The maximum Gasteiger partial charge on any atom is 0.176 e. The topological polar surface area (TPSA) is 49.8 Å². The first-order valence-electron chi connectivity index (χ1n) is 7.34. The number of Topliss-reactive ketones (excluding diaryl/α,β-unsaturated/α-hetero) is 1. The Morgan fingerprint density at radius 3 is 3.00 bits per heavy atom. The number of piperidine rings is 1. The fraction of sp³-hybridized carbons (Fsp3) is 0.562. The van der Waals surface area contributed by atoms with Crippen molar-refractivity contribution >= 4 is 17.4 Å². The third kappa shape index (κ3) is 4.43. The number of hydrogen-bond donors (Lipinski definition) is 1. The molecule has 1 N–H and O–H groups in total. The van der Waals surface area contributed by atoms with E-state index in [1.54, 1.807) is 25.3 Å². The molecule has 2 rings (SSSR count). The Labute approximate surface area is 130 Å². The quantitative estimate of drug-likeness (QED) is 0.821. The molecule has 1 heterocycles. The molecule has 0 saturated carbocycles. The van der Waals surface area contributed by atoms with Crippen LogP contribution in [0, 0.1) is 5.92 Å². The van der Waals surface area contributed by atoms with Crippen LogP contribution in [-0.2, 0) is 0 Å². The standard InChI is InChI=1S/C16H22ClNO3/c1-21-16-5-4-13(9-14(16)17)15(20)11-18-7-2-3-12(10-18)6-8-19/h4-5,9,12,19H,2-3,6-8,10-11H2,1H3. The van der Waals surface area contributed by atoms with Crippen LogP contribution in [0.15, 0.2) is 18.2 Å². The lowest BCUT2D eigenvalue weighted by molar-refractivity contribution is 0.0871. The third-order valence-corrected chi connectivity index (χ3v) is 4.28. The summed E-state index contributed by atoms with van der Waals surface area (Å²) in [5, 5.41) is 9.49. The van der Waals surface area contributed by atoms with Crippen LogP contribution in [-0.4, -0.2) is 49.1 Å². The van der Waals surface area contributed by atoms with Gasteiger partial charge in [0.1, 0.15) is 5.75 Å². The maximum atomic E-state index is 12.3. The van der Waals surface area contributed by atoms with E-state index >= 15 is 0 Å². The second kappa shape index (κ2) is 7.78. The average Bonchev–Trinajstić information content (AvgIpc) is 2.48. The van der Waals surface area contributed by atoms with Crippen LogP contribution in [0.3, 0.4) is 0 Å². The zero-order valence-electron chi connectivity index (χ0n) is 12.3. The molecule has 0 amide bonds. The molecular weight excluding hydrogens is 290 g/mol. The molecule has 0 radical (unpaired) electrons. The number of halogens is 1. The van der Waals surface area contributed by atoms with E-state index in [-0.39, 0.29) is 12.4 Å². The van der Waals surface area contributed by atoms with Crippen molar-refractivity contribution in [2.45, 2.75) is 19.3 Å². The molecule has 1 saturated heterocycles. The number of rotatable bonds is 6. The van der Waals surface area contributed by atoms with Crippen molar-refractivity contribution < 1.29 is 14.6 Å². The highest BCUT2D eigenvalue weighted by atomic mass is 35.5. The summed E-state index contributed by atoms with van der Waals surface area (Å²) in [6, 6.07) is 5.14. The van der Waals surface area contributed by atoms with Crippen LogP contribution in [0.5, 0.6) is 5.75 Å². The summed E-state index contributed by atoms with van der Waals surface area (Å²) in [6.07, 6.45) is 3.04. The molecule has 1 atom stereocenters. The van der Waals surface area contributed by atoms with E-state index in [0.29, 0.717) is 28.8 Å². The number of ketones is 1. The van der Waals surface area contributed by atoms with Gasteiger partial charge in [0.25, 0.3) is 0 Å². The van der Waals surface area contributed by atoms with Crippen molar-refractivity contribution in [1.82, 2.24) is 4.90 Å². The van der Waals surface area contributed by atoms with Crippen LogP contribution in [0.2, 0.25) is 5.02 Å². The Hall–Kier alpha value is -1.10. The minimum absolute atomic E-state index is 0.0733. The molecule has 0 aliphatic carbocycles. The van der Waals surface area contributed by atoms with Crippen LogP contribution in [0.25, 0.3) is 0 Å². The Morgan fingerprint density at radius 1 is 1.52 bits per heavy atom. The predicted octanol–water partition coefficient (Wildman–Crippen LogP) is 2.63. The first-order valence-corrected chi connectivity index (χ1v) is 7.71. The largest absolute Gasteiger partial charge is 0.495 e. The molecule has 0 spiro atoms. The minimum Gasteiger partial charge on any atom is -0.495 e. The van der Waals surface area contributed by atoms with Gasteiger partial charge in [-0.15, -0.1) is 0 Å². The normalized spacial score (nSPS) is 19.5. The van der Waals surface area contributed by atoms with E-state index in [2.05, 4.69) is 4.90 Å². The van der Waals surface area contributed by atoms with Gasteiger partial charge in [-0.2, -0.15) is 0 Å². The summed E-state index contributed by atoms with van der Waals surface area (Å²) < 4.78 is 5.09. The number of carbonyl (C=O) groups is 1. The second-order valence-electron chi connectivity index (χ2n) is 5.53. The van der Waals surface area contributed by atoms with Gasteiger partial charge >= 0.3 is 0 Å². The first kappa shape index (κ1) is 16.3. The number of ether oxygens (including phenoxy) is 1. The maximum absolute atomic E-state index is 12.3. The Balaban J connectivity index is 1.96. The Morgan fingerprint density at radius 2 is 2.33 bits per heavy atom. The van der Waals surface area contributed by atoms with Crippen molar-refractivity contribution in [2.75, 3.05) is 33.4 Å². The lowest BCUT2D eigenvalue weighted by Gasteiger charge is -2.31. The number of carbonyl (C=O) groups excluding carboxylic acids is 1. The summed E-state index contributed by atoms with van der Waals surface area (Å²) in [5.74, 6) is 1.15. The number of methoxy groups -OCH3 is 1. The highest BCUT2D eigenvalue weighted by molar-refractivity contribution is 6.32. The van der Waals surface area contributed by atoms with Gasteiger partial charge < -0.3 is 9.84 Å². The number of likely N-dealkylation sites (tertiary alicyclic amines) is 1. The highest BCUT2D eigenvalue weighted by Gasteiger charge is 2.21. The van der Waals surface area contributed by atoms with Crippen LogP contribution in [0.1, 0.15) is 29.6 Å². The molecule has 1 aliphatic rings. The van der Waals surface area contributed by atoms with Crippen molar-refractivity contribution in [3.63, 3.8) is 0 Å². The van der Waals surface area contributed by atoms with Crippen molar-refractivity contribution in [2.24, 2.45) is 5.92 Å². The summed E-state index contributed by atoms with van der Waals surface area (Å²) in [7, 11) is 1.55. The molecule has 1 aliphatic heterocycles. The summed E-state index contributed by atoms with van der Waals surface area (Å²) in [6.45, 7) is 2.46. The lowest BCUT2D eigenvalue weighted by Crippen LogP contribution is -2.39. The van der Waals surface area contributed by atoms with E-state index in [1.807, 2.05) is 0 Å². The molecule has 21 heavy (non-hydrogen) atoms. The zero-order valence-corrected chi connectivity index (χ0v) is 13.1. The highest BCUT2D eigenvalue weighted by Crippen LogP contribution is 2.25. The second-order valence-corrected chi connectivity index (χ2v) is 5.94. The molecule has 4 nitrogen and oxygen atoms in total. The zero-order chi connectivity index (χ0) is 15.2. The third-order valence-electron chi connectivity index (χ3n) is 3.98. The van der Waals surface area contributed by atoms with Crippen molar-refractivity contribution in [1.29, 1.82) is 0 Å². The van der Waals surface area contributed by atoms with Gasteiger partial charge in [-0.25, -0.2) is 0 Å². The number of hydrogen-bond acceptors (Lipinski definition) is 4. The van der Waals surface area contributed by atoms with Gasteiger partial charge in [0.2, 0.25) is 0 Å². The number of aliphatic hydroxyl groups is 1. The smallest absolute Gasteiger partial charge is 0.176 e. The molecule has 1 fully saturated rings. The van der Waals surface area contributed by atoms with Crippen LogP contribution >= 0.6 is 11.6 Å². The van der Waals surface area contributed by atoms with Gasteiger partial charge in [0.05, 0.1) is 18.7 Å². The van der Waals surface area contributed by atoms with Crippen LogP contribution in [0.4, 0.5) is 0 Å². The number of benzene rings is 1. The van der Waals surface area contributed by atoms with Crippen molar-refractivity contribution in [3.8, 4) is 5.75 Å². The first-order chi connectivity index (χ1) is 10.1. The van der Waals surface area contributed by atoms with E-state index in [4.69, 9.17) is 21.4 Å². The van der Waals surface area contributed by atoms with E-state index in [0.717, 1.165) is 32.4 Å². The van der Waals surface area contributed by atoms with Crippen LogP contribution < -0.4 is 4.74 Å². The van der Waals surface area contributed by atoms with Gasteiger partial charge in [-0.3, -0.25) is 9.69 Å². The predicted molar refractivity (Wildman–Crippen MR) is 83.2 cm³/mol. The summed E-state index contributed by atoms with van der Waals surface area (Å²) >= 11 is 6.06. The van der Waals surface area contributed by atoms with Gasteiger partial charge in [-0.05, 0) is 49.9 Å². The lowest BCUT2D eigenvalue weighted by atomic mass is 9.95. The summed E-state index contributed by atoms with van der Waals surface area (Å²) in [4.78, 5) is 14.5. The SMILES string of the molecule is COc1ccc(C(=O)CN2CCCC(CCO)C2)cc1Cl. The van der Waals surface area contributed by atoms with E-state index in [9.17, 15) is 4.79 Å². The molecule has 1 unspecified atom stereocenters. The number of nitrogens with zero attached hydrogens (tertiary/aromatic N) is 1. The Kier molecular flexibility index (Phi) is 6.03. The molecule has 0 bridgehead atoms. The summed E-state index contributed by atoms with van der Waals surface area (Å²) in [5.41, 5.74) is 0.616.